The third-order valence-corrected chi connectivity index (χ3v) is 5.73. The van der Waals surface area contributed by atoms with Crippen molar-refractivity contribution in [1.29, 1.82) is 0 Å². The number of rotatable bonds is 3. The van der Waals surface area contributed by atoms with E-state index < -0.39 is 10.2 Å². The molecule has 2 aromatic rings. The van der Waals surface area contributed by atoms with Gasteiger partial charge < -0.3 is 0 Å². The van der Waals surface area contributed by atoms with Gasteiger partial charge in [-0.05, 0) is 30.4 Å². The Morgan fingerprint density at radius 2 is 1.65 bits per heavy atom. The summed E-state index contributed by atoms with van der Waals surface area (Å²) in [4.78, 5) is 0. The van der Waals surface area contributed by atoms with Crippen LogP contribution in [-0.4, -0.2) is 25.8 Å². The number of hydrogen-bond acceptors (Lipinski definition) is 2. The largest absolute Gasteiger partial charge is 0.301 e. The van der Waals surface area contributed by atoms with Crippen molar-refractivity contribution in [1.82, 2.24) is 4.31 Å². The van der Waals surface area contributed by atoms with E-state index in [2.05, 4.69) is 20.7 Å². The average Bonchev–Trinajstić information content (AvgIpc) is 2.97. The molecule has 0 unspecified atom stereocenters. The molecule has 20 heavy (non-hydrogen) atoms. The lowest BCUT2D eigenvalue weighted by Crippen LogP contribution is -2.33. The molecule has 4 nitrogen and oxygen atoms in total. The first kappa shape index (κ1) is 13.9. The molecule has 1 saturated heterocycles. The van der Waals surface area contributed by atoms with Crippen LogP contribution in [-0.2, 0) is 10.2 Å². The summed E-state index contributed by atoms with van der Waals surface area (Å²) in [6.45, 7) is 1.20. The van der Waals surface area contributed by atoms with E-state index in [4.69, 9.17) is 0 Å². The van der Waals surface area contributed by atoms with E-state index in [9.17, 15) is 8.42 Å². The third-order valence-electron chi connectivity index (χ3n) is 3.51. The maximum atomic E-state index is 12.3. The highest BCUT2D eigenvalue weighted by molar-refractivity contribution is 9.10. The number of anilines is 1. The molecule has 1 heterocycles. The van der Waals surface area contributed by atoms with Crippen LogP contribution in [0.15, 0.2) is 40.9 Å². The summed E-state index contributed by atoms with van der Waals surface area (Å²) in [5.41, 5.74) is 0.621. The van der Waals surface area contributed by atoms with E-state index in [-0.39, 0.29) is 0 Å². The Kier molecular flexibility index (Phi) is 3.70. The molecule has 0 aromatic heterocycles. The van der Waals surface area contributed by atoms with Crippen LogP contribution in [0.2, 0.25) is 0 Å². The molecule has 0 amide bonds. The van der Waals surface area contributed by atoms with E-state index >= 15 is 0 Å². The SMILES string of the molecule is O=S(=O)(Nc1ccc(Br)c2ccccc12)N1CCCC1. The lowest BCUT2D eigenvalue weighted by molar-refractivity contribution is 0.482. The Balaban J connectivity index is 2.01. The van der Waals surface area contributed by atoms with Crippen molar-refractivity contribution < 1.29 is 8.42 Å². The molecule has 6 heteroatoms. The Morgan fingerprint density at radius 1 is 1.00 bits per heavy atom. The molecule has 1 aliphatic heterocycles. The van der Waals surface area contributed by atoms with Crippen LogP contribution in [0, 0.1) is 0 Å². The first-order valence-corrected chi connectivity index (χ1v) is 8.76. The highest BCUT2D eigenvalue weighted by atomic mass is 79.9. The number of fused-ring (bicyclic) bond motifs is 1. The van der Waals surface area contributed by atoms with Crippen LogP contribution in [0.3, 0.4) is 0 Å². The van der Waals surface area contributed by atoms with Gasteiger partial charge in [-0.1, -0.05) is 40.2 Å². The van der Waals surface area contributed by atoms with Gasteiger partial charge in [0.2, 0.25) is 0 Å². The molecular weight excluding hydrogens is 340 g/mol. The van der Waals surface area contributed by atoms with Crippen molar-refractivity contribution in [2.75, 3.05) is 17.8 Å². The van der Waals surface area contributed by atoms with Gasteiger partial charge >= 0.3 is 10.2 Å². The molecule has 0 atom stereocenters. The number of nitrogens with one attached hydrogen (secondary N) is 1. The van der Waals surface area contributed by atoms with E-state index in [0.717, 1.165) is 28.1 Å². The summed E-state index contributed by atoms with van der Waals surface area (Å²) >= 11 is 3.49. The molecule has 1 aliphatic rings. The second-order valence-electron chi connectivity index (χ2n) is 4.85. The first-order valence-electron chi connectivity index (χ1n) is 6.53. The summed E-state index contributed by atoms with van der Waals surface area (Å²) in [5.74, 6) is 0. The second-order valence-corrected chi connectivity index (χ2v) is 7.38. The van der Waals surface area contributed by atoms with Crippen molar-refractivity contribution in [3.8, 4) is 0 Å². The first-order chi connectivity index (χ1) is 9.58. The van der Waals surface area contributed by atoms with Crippen molar-refractivity contribution in [3.63, 3.8) is 0 Å². The minimum absolute atomic E-state index is 0.601. The van der Waals surface area contributed by atoms with Crippen LogP contribution in [0.1, 0.15) is 12.8 Å². The van der Waals surface area contributed by atoms with Gasteiger partial charge in [0, 0.05) is 22.9 Å². The van der Waals surface area contributed by atoms with Gasteiger partial charge in [0.05, 0.1) is 5.69 Å². The Bertz CT molecular complexity index is 740. The van der Waals surface area contributed by atoms with Crippen LogP contribution in [0.25, 0.3) is 10.8 Å². The van der Waals surface area contributed by atoms with E-state index in [1.807, 2.05) is 30.3 Å². The van der Waals surface area contributed by atoms with Crippen LogP contribution >= 0.6 is 15.9 Å². The molecule has 2 aromatic carbocycles. The van der Waals surface area contributed by atoms with Gasteiger partial charge in [-0.15, -0.1) is 0 Å². The molecule has 0 spiro atoms. The van der Waals surface area contributed by atoms with Gasteiger partial charge in [0.25, 0.3) is 0 Å². The summed E-state index contributed by atoms with van der Waals surface area (Å²) in [6, 6.07) is 11.4. The molecule has 0 aliphatic carbocycles. The monoisotopic (exact) mass is 354 g/mol. The molecular formula is C14H15BrN2O2S. The molecule has 106 valence electrons. The molecule has 0 bridgehead atoms. The predicted octanol–water partition coefficient (Wildman–Crippen LogP) is 3.35. The lowest BCUT2D eigenvalue weighted by Gasteiger charge is -2.18. The average molecular weight is 355 g/mol. The maximum absolute atomic E-state index is 12.3. The van der Waals surface area contributed by atoms with Gasteiger partial charge in [-0.3, -0.25) is 4.72 Å². The van der Waals surface area contributed by atoms with Gasteiger partial charge in [0.1, 0.15) is 0 Å². The van der Waals surface area contributed by atoms with Crippen LogP contribution in [0.4, 0.5) is 5.69 Å². The molecule has 0 saturated carbocycles. The van der Waals surface area contributed by atoms with Crippen molar-refractivity contribution in [2.24, 2.45) is 0 Å². The topological polar surface area (TPSA) is 49.4 Å². The highest BCUT2D eigenvalue weighted by Gasteiger charge is 2.25. The molecule has 0 radical (unpaired) electrons. The number of halogens is 1. The fourth-order valence-corrected chi connectivity index (χ4v) is 4.29. The van der Waals surface area contributed by atoms with Crippen LogP contribution < -0.4 is 4.72 Å². The maximum Gasteiger partial charge on any atom is 0.301 e. The number of benzene rings is 2. The van der Waals surface area contributed by atoms with E-state index in [0.29, 0.717) is 18.8 Å². The van der Waals surface area contributed by atoms with Crippen molar-refractivity contribution in [2.45, 2.75) is 12.8 Å². The van der Waals surface area contributed by atoms with Crippen LogP contribution in [0.5, 0.6) is 0 Å². The summed E-state index contributed by atoms with van der Waals surface area (Å²) in [6.07, 6.45) is 1.87. The fourth-order valence-electron chi connectivity index (χ4n) is 2.48. The Hall–Kier alpha value is -1.11. The molecule has 1 fully saturated rings. The van der Waals surface area contributed by atoms with Crippen molar-refractivity contribution in [3.05, 3.63) is 40.9 Å². The predicted molar refractivity (Wildman–Crippen MR) is 85.0 cm³/mol. The molecule has 3 rings (SSSR count). The second kappa shape index (κ2) is 5.35. The van der Waals surface area contributed by atoms with Gasteiger partial charge in [-0.2, -0.15) is 12.7 Å². The van der Waals surface area contributed by atoms with Crippen molar-refractivity contribution >= 4 is 42.6 Å². The minimum atomic E-state index is -3.45. The zero-order valence-corrected chi connectivity index (χ0v) is 13.2. The van der Waals surface area contributed by atoms with Gasteiger partial charge in [0.15, 0.2) is 0 Å². The highest BCUT2D eigenvalue weighted by Crippen LogP contribution is 2.31. The normalized spacial score (nSPS) is 16.6. The molecule has 1 N–H and O–H groups in total. The summed E-state index contributed by atoms with van der Waals surface area (Å²) in [5, 5.41) is 1.89. The zero-order valence-electron chi connectivity index (χ0n) is 10.8. The minimum Gasteiger partial charge on any atom is -0.270 e. The summed E-state index contributed by atoms with van der Waals surface area (Å²) < 4.78 is 29.8. The zero-order chi connectivity index (χ0) is 14.2. The van der Waals surface area contributed by atoms with E-state index in [1.54, 1.807) is 6.07 Å². The summed E-state index contributed by atoms with van der Waals surface area (Å²) in [7, 11) is -3.45. The lowest BCUT2D eigenvalue weighted by atomic mass is 10.1. The van der Waals surface area contributed by atoms with Gasteiger partial charge in [-0.25, -0.2) is 0 Å². The standard InChI is InChI=1S/C14H15BrN2O2S/c15-13-7-8-14(12-6-2-1-5-11(12)13)16-20(18,19)17-9-3-4-10-17/h1-2,5-8,16H,3-4,9-10H2. The Morgan fingerprint density at radius 3 is 2.35 bits per heavy atom. The number of nitrogens with zero attached hydrogens (tertiary/aromatic N) is 1. The van der Waals surface area contributed by atoms with E-state index in [1.165, 1.54) is 4.31 Å². The quantitative estimate of drug-likeness (QED) is 0.918. The smallest absolute Gasteiger partial charge is 0.270 e. The Labute approximate surface area is 127 Å². The number of hydrogen-bond donors (Lipinski definition) is 1. The third kappa shape index (κ3) is 2.55. The fraction of sp³-hybridized carbons (Fsp3) is 0.286.